The van der Waals surface area contributed by atoms with Gasteiger partial charge >= 0.3 is 0 Å². The van der Waals surface area contributed by atoms with E-state index in [0.717, 1.165) is 39.3 Å². The van der Waals surface area contributed by atoms with Gasteiger partial charge in [-0.2, -0.15) is 5.10 Å². The number of nitrogens with zero attached hydrogens (tertiary/aromatic N) is 2. The molecule has 8 heteroatoms. The van der Waals surface area contributed by atoms with Gasteiger partial charge in [0, 0.05) is 32.7 Å². The van der Waals surface area contributed by atoms with Crippen molar-refractivity contribution < 1.29 is 9.53 Å². The SMILES string of the molecule is O=C1c2[nH]nc(-c3ccc(Cl)cc3)c2C(c2ccc(OCc3ccc(Cl)cc3)cc2)N1Cc1ccc(Cl)cc1. The fourth-order valence-corrected chi connectivity index (χ4v) is 5.19. The van der Waals surface area contributed by atoms with Crippen molar-refractivity contribution in [1.82, 2.24) is 15.1 Å². The van der Waals surface area contributed by atoms with E-state index in [0.29, 0.717) is 33.9 Å². The summed E-state index contributed by atoms with van der Waals surface area (Å²) in [6.45, 7) is 0.839. The van der Waals surface area contributed by atoms with E-state index in [1.54, 1.807) is 0 Å². The summed E-state index contributed by atoms with van der Waals surface area (Å²) in [4.78, 5) is 15.5. The second kappa shape index (κ2) is 10.8. The Bertz CT molecular complexity index is 1610. The average Bonchev–Trinajstić information content (AvgIpc) is 3.49. The van der Waals surface area contributed by atoms with Crippen molar-refractivity contribution in [2.45, 2.75) is 19.2 Å². The number of H-pyrrole nitrogens is 1. The first-order valence-corrected chi connectivity index (χ1v) is 13.5. The first-order chi connectivity index (χ1) is 19.0. The lowest BCUT2D eigenvalue weighted by Crippen LogP contribution is -2.29. The van der Waals surface area contributed by atoms with Crippen LogP contribution in [0.1, 0.15) is 38.8 Å². The van der Waals surface area contributed by atoms with E-state index in [4.69, 9.17) is 39.5 Å². The summed E-state index contributed by atoms with van der Waals surface area (Å²) in [6.07, 6.45) is 0. The fraction of sp³-hybridized carbons (Fsp3) is 0.0968. The maximum atomic E-state index is 13.7. The quantitative estimate of drug-likeness (QED) is 0.212. The maximum Gasteiger partial charge on any atom is 0.273 e. The molecule has 0 saturated heterocycles. The Kier molecular flexibility index (Phi) is 7.05. The van der Waals surface area contributed by atoms with Gasteiger partial charge in [-0.1, -0.05) is 83.3 Å². The Balaban J connectivity index is 1.34. The van der Waals surface area contributed by atoms with Crippen LogP contribution in [-0.4, -0.2) is 21.0 Å². The number of aromatic nitrogens is 2. The monoisotopic (exact) mass is 573 g/mol. The van der Waals surface area contributed by atoms with Crippen LogP contribution >= 0.6 is 34.8 Å². The van der Waals surface area contributed by atoms with E-state index >= 15 is 0 Å². The van der Waals surface area contributed by atoms with Crippen molar-refractivity contribution in [3.05, 3.63) is 140 Å². The Morgan fingerprint density at radius 1 is 0.744 bits per heavy atom. The highest BCUT2D eigenvalue weighted by atomic mass is 35.5. The molecule has 1 aliphatic rings. The van der Waals surface area contributed by atoms with Crippen molar-refractivity contribution in [1.29, 1.82) is 0 Å². The second-order valence-electron chi connectivity index (χ2n) is 9.31. The summed E-state index contributed by atoms with van der Waals surface area (Å²) in [5, 5.41) is 9.51. The predicted molar refractivity (Wildman–Crippen MR) is 154 cm³/mol. The smallest absolute Gasteiger partial charge is 0.273 e. The number of nitrogens with one attached hydrogen (secondary N) is 1. The van der Waals surface area contributed by atoms with Crippen LogP contribution in [0.4, 0.5) is 0 Å². The molecule has 1 aliphatic heterocycles. The lowest BCUT2D eigenvalue weighted by Gasteiger charge is -2.26. The molecular weight excluding hydrogens is 553 g/mol. The van der Waals surface area contributed by atoms with E-state index in [2.05, 4.69) is 10.2 Å². The van der Waals surface area contributed by atoms with Gasteiger partial charge in [0.15, 0.2) is 0 Å². The molecule has 39 heavy (non-hydrogen) atoms. The van der Waals surface area contributed by atoms with E-state index in [-0.39, 0.29) is 11.9 Å². The Labute approximate surface area is 240 Å². The molecule has 0 bridgehead atoms. The Morgan fingerprint density at radius 3 is 1.92 bits per heavy atom. The van der Waals surface area contributed by atoms with Gasteiger partial charge in [0.05, 0.1) is 11.7 Å². The minimum atomic E-state index is -0.349. The third-order valence-corrected chi connectivity index (χ3v) is 7.52. The molecule has 2 heterocycles. The van der Waals surface area contributed by atoms with E-state index in [9.17, 15) is 4.79 Å². The lowest BCUT2D eigenvalue weighted by molar-refractivity contribution is 0.0730. The number of hydrogen-bond acceptors (Lipinski definition) is 3. The van der Waals surface area contributed by atoms with Gasteiger partial charge in [-0.15, -0.1) is 0 Å². The number of amides is 1. The average molecular weight is 575 g/mol. The standard InChI is InChI=1S/C31H22Cl3N3O2/c32-23-9-1-19(2-10-23)17-37-30(22-7-15-26(16-8-22)39-18-20-3-11-24(33)12-4-20)27-28(35-36-29(27)31(37)38)21-5-13-25(34)14-6-21/h1-16,30H,17-18H2,(H,35,36). The number of carbonyl (C=O) groups excluding carboxylic acids is 1. The van der Waals surface area contributed by atoms with E-state index < -0.39 is 0 Å². The second-order valence-corrected chi connectivity index (χ2v) is 10.6. The van der Waals surface area contributed by atoms with E-state index in [1.807, 2.05) is 102 Å². The van der Waals surface area contributed by atoms with Gasteiger partial charge in [-0.3, -0.25) is 9.89 Å². The number of hydrogen-bond donors (Lipinski definition) is 1. The molecule has 0 fully saturated rings. The number of rotatable bonds is 7. The maximum absolute atomic E-state index is 13.7. The minimum absolute atomic E-state index is 0.110. The predicted octanol–water partition coefficient (Wildman–Crippen LogP) is 8.36. The fourth-order valence-electron chi connectivity index (χ4n) is 4.81. The molecule has 0 aliphatic carbocycles. The highest BCUT2D eigenvalue weighted by Gasteiger charge is 2.42. The molecule has 1 atom stereocenters. The minimum Gasteiger partial charge on any atom is -0.489 e. The largest absolute Gasteiger partial charge is 0.489 e. The zero-order valence-electron chi connectivity index (χ0n) is 20.6. The van der Waals surface area contributed by atoms with Crippen molar-refractivity contribution >= 4 is 40.7 Å². The van der Waals surface area contributed by atoms with Crippen molar-refractivity contribution in [3.63, 3.8) is 0 Å². The van der Waals surface area contributed by atoms with Crippen LogP contribution in [0.15, 0.2) is 97.1 Å². The summed E-state index contributed by atoms with van der Waals surface area (Å²) in [5.74, 6) is 0.619. The highest BCUT2D eigenvalue weighted by molar-refractivity contribution is 6.31. The van der Waals surface area contributed by atoms with Crippen LogP contribution in [0, 0.1) is 0 Å². The summed E-state index contributed by atoms with van der Waals surface area (Å²) >= 11 is 18.2. The number of ether oxygens (including phenoxy) is 1. The van der Waals surface area contributed by atoms with Crippen LogP contribution in [0.2, 0.25) is 15.1 Å². The molecule has 194 valence electrons. The van der Waals surface area contributed by atoms with Gasteiger partial charge in [-0.25, -0.2) is 0 Å². The van der Waals surface area contributed by atoms with Crippen molar-refractivity contribution in [2.24, 2.45) is 0 Å². The summed E-state index contributed by atoms with van der Waals surface area (Å²) in [5.41, 5.74) is 5.88. The number of halogens is 3. The topological polar surface area (TPSA) is 58.2 Å². The van der Waals surface area contributed by atoms with Crippen molar-refractivity contribution in [2.75, 3.05) is 0 Å². The first kappa shape index (κ1) is 25.5. The van der Waals surface area contributed by atoms with Gasteiger partial charge in [-0.05, 0) is 65.2 Å². The lowest BCUT2D eigenvalue weighted by atomic mass is 9.96. The van der Waals surface area contributed by atoms with Crippen LogP contribution < -0.4 is 4.74 Å². The Morgan fingerprint density at radius 2 is 1.31 bits per heavy atom. The molecule has 6 rings (SSSR count). The van der Waals surface area contributed by atoms with Gasteiger partial charge in [0.25, 0.3) is 5.91 Å². The molecule has 1 amide bonds. The normalized spacial score (nSPS) is 14.5. The van der Waals surface area contributed by atoms with E-state index in [1.165, 1.54) is 0 Å². The summed E-state index contributed by atoms with van der Waals surface area (Å²) in [7, 11) is 0. The van der Waals surface area contributed by atoms with Crippen LogP contribution in [-0.2, 0) is 13.2 Å². The van der Waals surface area contributed by atoms with Gasteiger partial charge < -0.3 is 9.64 Å². The van der Waals surface area contributed by atoms with Gasteiger partial charge in [0.2, 0.25) is 0 Å². The van der Waals surface area contributed by atoms with Gasteiger partial charge in [0.1, 0.15) is 18.1 Å². The number of aromatic amines is 1. The van der Waals surface area contributed by atoms with Crippen molar-refractivity contribution in [3.8, 4) is 17.0 Å². The molecule has 5 nitrogen and oxygen atoms in total. The summed E-state index contributed by atoms with van der Waals surface area (Å²) < 4.78 is 6.00. The summed E-state index contributed by atoms with van der Waals surface area (Å²) in [6, 6.07) is 30.1. The molecule has 0 saturated carbocycles. The molecule has 1 unspecified atom stereocenters. The number of carbonyl (C=O) groups is 1. The molecule has 0 radical (unpaired) electrons. The Hall–Kier alpha value is -3.77. The zero-order valence-corrected chi connectivity index (χ0v) is 22.8. The zero-order chi connectivity index (χ0) is 26.9. The first-order valence-electron chi connectivity index (χ1n) is 12.3. The molecule has 5 aromatic rings. The highest BCUT2D eigenvalue weighted by Crippen LogP contribution is 2.44. The number of benzene rings is 4. The molecular formula is C31H22Cl3N3O2. The molecule has 0 spiro atoms. The molecule has 4 aromatic carbocycles. The van der Waals surface area contributed by atoms with Crippen LogP contribution in [0.3, 0.4) is 0 Å². The number of fused-ring (bicyclic) bond motifs is 1. The van der Waals surface area contributed by atoms with Crippen LogP contribution in [0.25, 0.3) is 11.3 Å². The van der Waals surface area contributed by atoms with Crippen LogP contribution in [0.5, 0.6) is 5.75 Å². The third-order valence-electron chi connectivity index (χ3n) is 6.76. The third kappa shape index (κ3) is 5.26. The molecule has 1 N–H and O–H groups in total. The molecule has 1 aromatic heterocycles.